The molecular formula is C20H11F13N2O6. The topological polar surface area (TPSA) is 99.9 Å². The highest BCUT2D eigenvalue weighted by atomic mass is 19.4. The molecule has 41 heavy (non-hydrogen) atoms. The molecule has 2 rings (SSSR count). The van der Waals surface area contributed by atoms with E-state index in [1.54, 1.807) is 0 Å². The molecule has 0 aromatic heterocycles. The molecule has 1 N–H and O–H groups in total. The minimum Gasteiger partial charge on any atom is -0.490 e. The van der Waals surface area contributed by atoms with E-state index in [2.05, 4.69) is 0 Å². The number of nitro benzene ring substituents is 1. The number of nitro groups is 1. The number of amides is 1. The maximum atomic E-state index is 14.4. The van der Waals surface area contributed by atoms with E-state index < -0.39 is 69.9 Å². The summed E-state index contributed by atoms with van der Waals surface area (Å²) >= 11 is 0. The van der Waals surface area contributed by atoms with Gasteiger partial charge in [-0.3, -0.25) is 14.9 Å². The first-order chi connectivity index (χ1) is 18.4. The number of ether oxygens (including phenoxy) is 3. The Morgan fingerprint density at radius 1 is 0.805 bits per heavy atom. The summed E-state index contributed by atoms with van der Waals surface area (Å²) in [6.07, 6.45) is -28.2. The van der Waals surface area contributed by atoms with Crippen molar-refractivity contribution in [1.29, 1.82) is 0 Å². The average Bonchev–Trinajstić information content (AvgIpc) is 2.81. The number of anilines is 1. The second kappa shape index (κ2) is 10.8. The molecule has 2 aromatic rings. The third-order valence-corrected chi connectivity index (χ3v) is 4.72. The molecule has 0 aliphatic heterocycles. The molecule has 0 aliphatic carbocycles. The summed E-state index contributed by atoms with van der Waals surface area (Å²) in [7, 11) is 1.05. The lowest BCUT2D eigenvalue weighted by atomic mass is 10.1. The summed E-state index contributed by atoms with van der Waals surface area (Å²) in [5.74, 6) is -15.3. The van der Waals surface area contributed by atoms with E-state index in [1.165, 1.54) is 4.74 Å². The van der Waals surface area contributed by atoms with Gasteiger partial charge in [-0.2, -0.15) is 43.9 Å². The summed E-state index contributed by atoms with van der Waals surface area (Å²) in [6, 6.07) is 3.81. The van der Waals surface area contributed by atoms with E-state index in [1.807, 2.05) is 10.1 Å². The van der Waals surface area contributed by atoms with Crippen LogP contribution >= 0.6 is 0 Å². The van der Waals surface area contributed by atoms with Crippen LogP contribution in [-0.4, -0.2) is 48.6 Å². The fourth-order valence-electron chi connectivity index (χ4n) is 2.81. The molecule has 1 amide bonds. The van der Waals surface area contributed by atoms with E-state index in [-0.39, 0.29) is 17.9 Å². The van der Waals surface area contributed by atoms with Gasteiger partial charge in [0.15, 0.2) is 5.75 Å². The Morgan fingerprint density at radius 2 is 1.37 bits per heavy atom. The van der Waals surface area contributed by atoms with Crippen LogP contribution in [0.3, 0.4) is 0 Å². The molecule has 228 valence electrons. The fourth-order valence-corrected chi connectivity index (χ4v) is 2.81. The third-order valence-electron chi connectivity index (χ3n) is 4.72. The summed E-state index contributed by atoms with van der Waals surface area (Å²) in [5.41, 5.74) is -4.12. The summed E-state index contributed by atoms with van der Waals surface area (Å²) in [4.78, 5) is 22.5. The van der Waals surface area contributed by atoms with Crippen LogP contribution in [0.2, 0.25) is 0 Å². The van der Waals surface area contributed by atoms with E-state index in [4.69, 9.17) is 4.74 Å². The van der Waals surface area contributed by atoms with Crippen LogP contribution in [-0.2, 0) is 15.4 Å². The van der Waals surface area contributed by atoms with Crippen LogP contribution in [0.15, 0.2) is 42.5 Å². The molecule has 0 bridgehead atoms. The average molecular weight is 622 g/mol. The van der Waals surface area contributed by atoms with Crippen molar-refractivity contribution < 1.29 is 81.0 Å². The van der Waals surface area contributed by atoms with Crippen LogP contribution in [0.25, 0.3) is 0 Å². The van der Waals surface area contributed by atoms with Crippen LogP contribution < -0.4 is 10.1 Å². The van der Waals surface area contributed by atoms with Gasteiger partial charge in [-0.25, -0.2) is 9.47 Å². The number of alkyl halides is 13. The first-order valence-corrected chi connectivity index (χ1v) is 9.99. The van der Waals surface area contributed by atoms with Crippen molar-refractivity contribution in [3.05, 3.63) is 63.7 Å². The number of nitrogens with zero attached hydrogens (tertiary/aromatic N) is 1. The second-order valence-electron chi connectivity index (χ2n) is 7.53. The zero-order valence-corrected chi connectivity index (χ0v) is 19.4. The van der Waals surface area contributed by atoms with Crippen LogP contribution in [0.1, 0.15) is 15.9 Å². The predicted molar refractivity (Wildman–Crippen MR) is 106 cm³/mol. The van der Waals surface area contributed by atoms with Gasteiger partial charge in [0, 0.05) is 22.9 Å². The Hall–Kier alpha value is -3.88. The zero-order chi connectivity index (χ0) is 31.8. The van der Waals surface area contributed by atoms with Gasteiger partial charge in [-0.1, -0.05) is 12.1 Å². The minimum absolute atomic E-state index is 0.0369. The number of benzene rings is 2. The molecule has 0 unspecified atom stereocenters. The third kappa shape index (κ3) is 6.89. The molecule has 21 heteroatoms. The second-order valence-corrected chi connectivity index (χ2v) is 7.53. The number of hydrogen-bond donors (Lipinski definition) is 1. The lowest BCUT2D eigenvalue weighted by Crippen LogP contribution is -2.61. The largest absolute Gasteiger partial charge is 0.527 e. The number of rotatable bonds is 11. The van der Waals surface area contributed by atoms with Crippen molar-refractivity contribution in [2.24, 2.45) is 0 Å². The molecule has 0 heterocycles. The van der Waals surface area contributed by atoms with Crippen molar-refractivity contribution in [2.75, 3.05) is 12.4 Å². The number of methoxy groups -OCH3 is 1. The Bertz CT molecular complexity index is 1300. The van der Waals surface area contributed by atoms with Crippen molar-refractivity contribution in [2.45, 2.75) is 36.5 Å². The predicted octanol–water partition coefficient (Wildman–Crippen LogP) is 6.91. The van der Waals surface area contributed by atoms with E-state index >= 15 is 0 Å². The van der Waals surface area contributed by atoms with Crippen LogP contribution in [0, 0.1) is 10.1 Å². The van der Waals surface area contributed by atoms with Gasteiger partial charge >= 0.3 is 42.2 Å². The number of carbonyl (C=O) groups is 1. The van der Waals surface area contributed by atoms with Crippen molar-refractivity contribution in [3.63, 3.8) is 0 Å². The van der Waals surface area contributed by atoms with Gasteiger partial charge in [0.1, 0.15) is 0 Å². The van der Waals surface area contributed by atoms with Gasteiger partial charge in [-0.05, 0) is 24.3 Å². The Kier molecular flexibility index (Phi) is 8.81. The lowest BCUT2D eigenvalue weighted by Gasteiger charge is -2.35. The first kappa shape index (κ1) is 33.3. The van der Waals surface area contributed by atoms with Gasteiger partial charge < -0.3 is 10.1 Å². The SMILES string of the molecule is COc1ccc(C(=O)Nc2cccc(C(F)(F)C(F)(F)OC(F)(F)C(F)(F)C(F)(F)OC(F)(F)F)c2)cc1[N+](=O)[O-]. The first-order valence-electron chi connectivity index (χ1n) is 9.99. The molecule has 0 spiro atoms. The van der Waals surface area contributed by atoms with Gasteiger partial charge in [0.25, 0.3) is 5.91 Å². The zero-order valence-electron chi connectivity index (χ0n) is 19.4. The molecule has 0 fully saturated rings. The van der Waals surface area contributed by atoms with Crippen molar-refractivity contribution in [1.82, 2.24) is 0 Å². The molecule has 0 atom stereocenters. The Labute approximate surface area is 217 Å². The molecule has 0 saturated heterocycles. The summed E-state index contributed by atoms with van der Waals surface area (Å²) in [5, 5.41) is 12.9. The monoisotopic (exact) mass is 622 g/mol. The van der Waals surface area contributed by atoms with Crippen LogP contribution in [0.5, 0.6) is 5.75 Å². The Morgan fingerprint density at radius 3 is 1.88 bits per heavy atom. The number of halogens is 13. The normalized spacial score (nSPS) is 13.6. The van der Waals surface area contributed by atoms with Gasteiger partial charge in [-0.15, -0.1) is 13.2 Å². The fraction of sp³-hybridized carbons (Fsp3) is 0.350. The Balaban J connectivity index is 2.36. The quantitative estimate of drug-likeness (QED) is 0.166. The number of nitrogens with one attached hydrogen (secondary N) is 1. The van der Waals surface area contributed by atoms with E-state index in [0.717, 1.165) is 25.3 Å². The summed E-state index contributed by atoms with van der Waals surface area (Å²) in [6.45, 7) is 0. The van der Waals surface area contributed by atoms with E-state index in [9.17, 15) is 72.0 Å². The molecule has 0 aliphatic rings. The molecule has 0 radical (unpaired) electrons. The summed E-state index contributed by atoms with van der Waals surface area (Å²) < 4.78 is 181. The van der Waals surface area contributed by atoms with Crippen LogP contribution in [0.4, 0.5) is 68.5 Å². The lowest BCUT2D eigenvalue weighted by molar-refractivity contribution is -0.535. The molecule has 8 nitrogen and oxygen atoms in total. The maximum absolute atomic E-state index is 14.4. The molecular weight excluding hydrogens is 611 g/mol. The highest BCUT2D eigenvalue weighted by Crippen LogP contribution is 2.54. The van der Waals surface area contributed by atoms with Gasteiger partial charge in [0.05, 0.1) is 12.0 Å². The highest BCUT2D eigenvalue weighted by Gasteiger charge is 2.80. The standard InChI is InChI=1S/C20H11F13N2O6/c1-39-13-6-5-9(7-12(13)35(37)38)14(36)34-11-4-2-3-10(8-11)15(21,22)17(25,26)40-18(27,28)16(23,24)19(29,30)41-20(31,32)33/h2-8H,1H3,(H,34,36). The van der Waals surface area contributed by atoms with Gasteiger partial charge in [0.2, 0.25) is 0 Å². The maximum Gasteiger partial charge on any atom is 0.527 e. The smallest absolute Gasteiger partial charge is 0.490 e. The number of carbonyl (C=O) groups excluding carboxylic acids is 1. The molecule has 0 saturated carbocycles. The highest BCUT2D eigenvalue weighted by molar-refractivity contribution is 6.04. The van der Waals surface area contributed by atoms with Crippen molar-refractivity contribution in [3.8, 4) is 5.75 Å². The van der Waals surface area contributed by atoms with Crippen molar-refractivity contribution >= 4 is 17.3 Å². The van der Waals surface area contributed by atoms with E-state index in [0.29, 0.717) is 12.1 Å². The molecule has 2 aromatic carbocycles. The number of hydrogen-bond acceptors (Lipinski definition) is 6. The minimum atomic E-state index is -7.58.